The molecule has 1 aromatic carbocycles. The van der Waals surface area contributed by atoms with Crippen LogP contribution in [0.2, 0.25) is 0 Å². The van der Waals surface area contributed by atoms with Gasteiger partial charge in [-0.25, -0.2) is 4.79 Å². The Bertz CT molecular complexity index is 1030. The third kappa shape index (κ3) is 6.38. The first-order valence-electron chi connectivity index (χ1n) is 11.5. The molecule has 2 aromatic heterocycles. The Hall–Kier alpha value is -3.26. The van der Waals surface area contributed by atoms with E-state index in [1.54, 1.807) is 0 Å². The third-order valence-electron chi connectivity index (χ3n) is 5.86. The molecule has 0 bridgehead atoms. The van der Waals surface area contributed by atoms with Gasteiger partial charge in [-0.2, -0.15) is 4.98 Å². The Morgan fingerprint density at radius 3 is 2.42 bits per heavy atom. The quantitative estimate of drug-likeness (QED) is 0.585. The van der Waals surface area contributed by atoms with Gasteiger partial charge in [-0.1, -0.05) is 25.9 Å². The van der Waals surface area contributed by atoms with Gasteiger partial charge in [-0.15, -0.1) is 0 Å². The molecule has 1 saturated heterocycles. The largest absolute Gasteiger partial charge is 0.338 e. The van der Waals surface area contributed by atoms with Gasteiger partial charge in [0.15, 0.2) is 0 Å². The van der Waals surface area contributed by atoms with Crippen molar-refractivity contribution in [3.05, 3.63) is 60.2 Å². The van der Waals surface area contributed by atoms with Crippen molar-refractivity contribution < 1.29 is 9.32 Å². The second-order valence-electron chi connectivity index (χ2n) is 9.57. The molecule has 0 unspecified atom stereocenters. The van der Waals surface area contributed by atoms with E-state index < -0.39 is 0 Å². The molecule has 0 radical (unpaired) electrons. The van der Waals surface area contributed by atoms with Gasteiger partial charge in [0.1, 0.15) is 0 Å². The summed E-state index contributed by atoms with van der Waals surface area (Å²) in [7, 11) is 0. The predicted molar refractivity (Wildman–Crippen MR) is 128 cm³/mol. The molecule has 0 spiro atoms. The number of amides is 2. The zero-order valence-electron chi connectivity index (χ0n) is 19.5. The van der Waals surface area contributed by atoms with Crippen LogP contribution in [0.5, 0.6) is 0 Å². The summed E-state index contributed by atoms with van der Waals surface area (Å²) in [5, 5.41) is 10.1. The highest BCUT2D eigenvalue weighted by atomic mass is 16.5. The lowest BCUT2D eigenvalue weighted by molar-refractivity contribution is 0.197. The third-order valence-corrected chi connectivity index (χ3v) is 5.86. The van der Waals surface area contributed by atoms with Crippen LogP contribution in [0.3, 0.4) is 0 Å². The zero-order chi connectivity index (χ0) is 23.3. The van der Waals surface area contributed by atoms with Crippen LogP contribution in [0.15, 0.2) is 53.3 Å². The Kier molecular flexibility index (Phi) is 7.03. The van der Waals surface area contributed by atoms with E-state index in [1.807, 2.05) is 57.4 Å². The number of rotatable bonds is 6. The maximum atomic E-state index is 12.5. The molecular formula is C25H32N6O2. The molecule has 1 fully saturated rings. The molecule has 3 heterocycles. The first-order valence-corrected chi connectivity index (χ1v) is 11.5. The van der Waals surface area contributed by atoms with E-state index in [-0.39, 0.29) is 17.5 Å². The number of aromatic nitrogens is 3. The van der Waals surface area contributed by atoms with Crippen LogP contribution in [0.1, 0.15) is 45.1 Å². The molecule has 2 amide bonds. The number of likely N-dealkylation sites (tertiary alicyclic amines) is 1. The second kappa shape index (κ2) is 10.1. The highest BCUT2D eigenvalue weighted by Crippen LogP contribution is 2.24. The minimum absolute atomic E-state index is 0.174. The van der Waals surface area contributed by atoms with Crippen molar-refractivity contribution in [1.82, 2.24) is 25.3 Å². The van der Waals surface area contributed by atoms with Gasteiger partial charge in [-0.3, -0.25) is 4.98 Å². The molecule has 3 aromatic rings. The van der Waals surface area contributed by atoms with Gasteiger partial charge in [-0.05, 0) is 61.2 Å². The maximum absolute atomic E-state index is 12.5. The fraction of sp³-hybridized carbons (Fsp3) is 0.440. The standard InChI is InChI=1S/C25H32N6O2/c1-25(2,3)23-29-22(30-33-23)19-4-6-20(7-5-19)27-24(32)28-21-11-16-31(17-12-21)15-10-18-8-13-26-14-9-18/h4-9,13-14,21H,10-12,15-17H2,1-3H3,(H2,27,28,32). The molecule has 0 atom stereocenters. The lowest BCUT2D eigenvalue weighted by Crippen LogP contribution is -2.46. The summed E-state index contributed by atoms with van der Waals surface area (Å²) in [5.74, 6) is 1.15. The van der Waals surface area contributed by atoms with Crippen LogP contribution in [0, 0.1) is 0 Å². The van der Waals surface area contributed by atoms with Crippen molar-refractivity contribution in [3.8, 4) is 11.4 Å². The number of carbonyl (C=O) groups excluding carboxylic acids is 1. The Morgan fingerprint density at radius 1 is 1.09 bits per heavy atom. The molecule has 1 aliphatic rings. The number of nitrogens with one attached hydrogen (secondary N) is 2. The van der Waals surface area contributed by atoms with E-state index in [2.05, 4.69) is 42.8 Å². The molecule has 0 aliphatic carbocycles. The van der Waals surface area contributed by atoms with E-state index >= 15 is 0 Å². The SMILES string of the molecule is CC(C)(C)c1nc(-c2ccc(NC(=O)NC3CCN(CCc4ccncc4)CC3)cc2)no1. The second-order valence-corrected chi connectivity index (χ2v) is 9.57. The number of carbonyl (C=O) groups is 1. The summed E-state index contributed by atoms with van der Waals surface area (Å²) >= 11 is 0. The summed E-state index contributed by atoms with van der Waals surface area (Å²) in [5.41, 5.74) is 2.69. The number of pyridine rings is 1. The first-order chi connectivity index (χ1) is 15.9. The number of anilines is 1. The van der Waals surface area contributed by atoms with Crippen molar-refractivity contribution in [2.75, 3.05) is 25.0 Å². The van der Waals surface area contributed by atoms with E-state index in [9.17, 15) is 4.79 Å². The van der Waals surface area contributed by atoms with Crippen LogP contribution in [-0.4, -0.2) is 51.7 Å². The molecule has 0 saturated carbocycles. The normalized spacial score (nSPS) is 15.4. The summed E-state index contributed by atoms with van der Waals surface area (Å²) in [4.78, 5) is 23.5. The topological polar surface area (TPSA) is 96.2 Å². The number of benzene rings is 1. The Labute approximate surface area is 194 Å². The van der Waals surface area contributed by atoms with Gasteiger partial charge in [0.05, 0.1) is 0 Å². The predicted octanol–water partition coefficient (Wildman–Crippen LogP) is 4.26. The van der Waals surface area contributed by atoms with Gasteiger partial charge in [0.2, 0.25) is 11.7 Å². The van der Waals surface area contributed by atoms with Gasteiger partial charge in [0, 0.05) is 54.7 Å². The smallest absolute Gasteiger partial charge is 0.319 e. The average Bonchev–Trinajstić information content (AvgIpc) is 3.31. The van der Waals surface area contributed by atoms with Crippen LogP contribution in [0.25, 0.3) is 11.4 Å². The molecule has 1 aliphatic heterocycles. The Morgan fingerprint density at radius 2 is 1.79 bits per heavy atom. The van der Waals surface area contributed by atoms with Gasteiger partial charge in [0.25, 0.3) is 0 Å². The summed E-state index contributed by atoms with van der Waals surface area (Å²) < 4.78 is 5.36. The van der Waals surface area contributed by atoms with E-state index in [1.165, 1.54) is 5.56 Å². The lowest BCUT2D eigenvalue weighted by atomic mass is 9.97. The van der Waals surface area contributed by atoms with Crippen molar-refractivity contribution in [3.63, 3.8) is 0 Å². The summed E-state index contributed by atoms with van der Waals surface area (Å²) in [6.45, 7) is 9.11. The highest BCUT2D eigenvalue weighted by molar-refractivity contribution is 5.89. The molecule has 8 heteroatoms. The number of piperidine rings is 1. The number of hydrogen-bond acceptors (Lipinski definition) is 6. The maximum Gasteiger partial charge on any atom is 0.319 e. The molecule has 2 N–H and O–H groups in total. The molecule has 33 heavy (non-hydrogen) atoms. The summed E-state index contributed by atoms with van der Waals surface area (Å²) in [6, 6.07) is 11.6. The zero-order valence-corrected chi connectivity index (χ0v) is 19.5. The van der Waals surface area contributed by atoms with Crippen LogP contribution < -0.4 is 10.6 Å². The minimum Gasteiger partial charge on any atom is -0.338 e. The first kappa shape index (κ1) is 22.9. The van der Waals surface area contributed by atoms with Crippen molar-refractivity contribution in [2.24, 2.45) is 0 Å². The Balaban J connectivity index is 1.21. The van der Waals surface area contributed by atoms with E-state index in [4.69, 9.17) is 4.52 Å². The number of nitrogens with zero attached hydrogens (tertiary/aromatic N) is 4. The van der Waals surface area contributed by atoms with Crippen molar-refractivity contribution >= 4 is 11.7 Å². The van der Waals surface area contributed by atoms with Crippen molar-refractivity contribution in [1.29, 1.82) is 0 Å². The van der Waals surface area contributed by atoms with E-state index in [0.717, 1.165) is 50.1 Å². The van der Waals surface area contributed by atoms with Crippen LogP contribution in [-0.2, 0) is 11.8 Å². The highest BCUT2D eigenvalue weighted by Gasteiger charge is 2.23. The van der Waals surface area contributed by atoms with E-state index in [0.29, 0.717) is 11.7 Å². The monoisotopic (exact) mass is 448 g/mol. The summed E-state index contributed by atoms with van der Waals surface area (Å²) in [6.07, 6.45) is 6.61. The molecule has 4 rings (SSSR count). The van der Waals surface area contributed by atoms with Gasteiger partial charge >= 0.3 is 6.03 Å². The lowest BCUT2D eigenvalue weighted by Gasteiger charge is -2.32. The number of urea groups is 1. The molecule has 8 nitrogen and oxygen atoms in total. The molecular weight excluding hydrogens is 416 g/mol. The number of hydrogen-bond donors (Lipinski definition) is 2. The van der Waals surface area contributed by atoms with Gasteiger partial charge < -0.3 is 20.1 Å². The van der Waals surface area contributed by atoms with Crippen molar-refractivity contribution in [2.45, 2.75) is 51.5 Å². The minimum atomic E-state index is -0.194. The fourth-order valence-electron chi connectivity index (χ4n) is 3.84. The van der Waals surface area contributed by atoms with Crippen LogP contribution in [0.4, 0.5) is 10.5 Å². The molecule has 174 valence electrons. The average molecular weight is 449 g/mol. The van der Waals surface area contributed by atoms with Crippen LogP contribution >= 0.6 is 0 Å². The fourth-order valence-corrected chi connectivity index (χ4v) is 3.84.